The number of fused-ring (bicyclic) bond motifs is 1. The fourth-order valence-corrected chi connectivity index (χ4v) is 3.91. The van der Waals surface area contributed by atoms with Gasteiger partial charge in [0, 0.05) is 49.8 Å². The molecule has 3 aromatic heterocycles. The number of hydrogen-bond donors (Lipinski definition) is 0. The van der Waals surface area contributed by atoms with Crippen LogP contribution < -0.4 is 0 Å². The average Bonchev–Trinajstić information content (AvgIpc) is 3.48. The topological polar surface area (TPSA) is 65.3 Å². The van der Waals surface area contributed by atoms with E-state index in [0.717, 1.165) is 74.1 Å². The first-order chi connectivity index (χ1) is 14.7. The van der Waals surface area contributed by atoms with Gasteiger partial charge in [0.25, 0.3) is 0 Å². The van der Waals surface area contributed by atoms with Crippen LogP contribution in [0.5, 0.6) is 0 Å². The summed E-state index contributed by atoms with van der Waals surface area (Å²) >= 11 is 6.03. The molecule has 5 rings (SSSR count). The Hall–Kier alpha value is -2.06. The fraction of sp³-hybridized carbons (Fsp3) is 0.500. The van der Waals surface area contributed by atoms with Crippen molar-refractivity contribution < 1.29 is 9.47 Å². The molecule has 30 heavy (non-hydrogen) atoms. The molecule has 8 heteroatoms. The molecule has 2 aliphatic rings. The van der Waals surface area contributed by atoms with Gasteiger partial charge in [0.1, 0.15) is 5.15 Å². The molecule has 1 atom stereocenters. The van der Waals surface area contributed by atoms with Crippen LogP contribution in [0.3, 0.4) is 0 Å². The fourth-order valence-electron chi connectivity index (χ4n) is 3.75. The SMILES string of the molecule is Clc1ccc2ncc(-c3cnn(CC(CN4CCOCC4)OCC4CC4)c3)cc2n1. The molecule has 0 radical (unpaired) electrons. The predicted molar refractivity (Wildman–Crippen MR) is 115 cm³/mol. The number of nitrogens with zero attached hydrogens (tertiary/aromatic N) is 5. The highest BCUT2D eigenvalue weighted by molar-refractivity contribution is 6.29. The van der Waals surface area contributed by atoms with Crippen LogP contribution in [0.2, 0.25) is 5.15 Å². The highest BCUT2D eigenvalue weighted by atomic mass is 35.5. The van der Waals surface area contributed by atoms with Gasteiger partial charge < -0.3 is 9.47 Å². The summed E-state index contributed by atoms with van der Waals surface area (Å²) in [6.07, 6.45) is 8.49. The Bertz CT molecular complexity index is 1000. The van der Waals surface area contributed by atoms with Gasteiger partial charge in [0.15, 0.2) is 0 Å². The van der Waals surface area contributed by atoms with Crippen molar-refractivity contribution >= 4 is 22.6 Å². The van der Waals surface area contributed by atoms with E-state index in [1.165, 1.54) is 12.8 Å². The predicted octanol–water partition coefficient (Wildman–Crippen LogP) is 3.27. The zero-order valence-corrected chi connectivity index (χ0v) is 17.7. The van der Waals surface area contributed by atoms with Crippen molar-refractivity contribution in [2.75, 3.05) is 39.5 Å². The van der Waals surface area contributed by atoms with Crippen LogP contribution in [0.25, 0.3) is 22.2 Å². The van der Waals surface area contributed by atoms with Crippen molar-refractivity contribution in [3.8, 4) is 11.1 Å². The van der Waals surface area contributed by atoms with E-state index >= 15 is 0 Å². The van der Waals surface area contributed by atoms with Crippen LogP contribution in [0.4, 0.5) is 0 Å². The maximum Gasteiger partial charge on any atom is 0.129 e. The van der Waals surface area contributed by atoms with Crippen molar-refractivity contribution in [3.63, 3.8) is 0 Å². The smallest absolute Gasteiger partial charge is 0.129 e. The summed E-state index contributed by atoms with van der Waals surface area (Å²) in [7, 11) is 0. The van der Waals surface area contributed by atoms with Crippen LogP contribution in [0.15, 0.2) is 36.8 Å². The molecular formula is C22H26ClN5O2. The summed E-state index contributed by atoms with van der Waals surface area (Å²) < 4.78 is 13.7. The van der Waals surface area contributed by atoms with Crippen LogP contribution in [-0.4, -0.2) is 70.2 Å². The quantitative estimate of drug-likeness (QED) is 0.514. The van der Waals surface area contributed by atoms with Crippen LogP contribution in [0, 0.1) is 5.92 Å². The number of hydrogen-bond acceptors (Lipinski definition) is 6. The normalized spacial score (nSPS) is 18.7. The van der Waals surface area contributed by atoms with E-state index in [1.807, 2.05) is 29.2 Å². The first-order valence-corrected chi connectivity index (χ1v) is 11.0. The minimum absolute atomic E-state index is 0.117. The standard InChI is InChI=1S/C22H26ClN5O2/c23-22-4-3-20-21(26-22)9-17(10-24-20)18-11-25-28(12-18)14-19(30-15-16-1-2-16)13-27-5-7-29-8-6-27/h3-4,9-12,16,19H,1-2,5-8,13-15H2. The second-order valence-electron chi connectivity index (χ2n) is 8.16. The summed E-state index contributed by atoms with van der Waals surface area (Å²) in [5, 5.41) is 5.05. The average molecular weight is 428 g/mol. The molecule has 1 aliphatic carbocycles. The summed E-state index contributed by atoms with van der Waals surface area (Å²) in [4.78, 5) is 11.3. The van der Waals surface area contributed by atoms with Crippen molar-refractivity contribution in [3.05, 3.63) is 41.9 Å². The third kappa shape index (κ3) is 4.98. The number of morpholine rings is 1. The van der Waals surface area contributed by atoms with Gasteiger partial charge in [-0.2, -0.15) is 5.10 Å². The third-order valence-corrected chi connectivity index (χ3v) is 5.90. The van der Waals surface area contributed by atoms with Crippen LogP contribution in [-0.2, 0) is 16.0 Å². The van der Waals surface area contributed by atoms with Crippen LogP contribution in [0.1, 0.15) is 12.8 Å². The monoisotopic (exact) mass is 427 g/mol. The maximum absolute atomic E-state index is 6.28. The van der Waals surface area contributed by atoms with Gasteiger partial charge in [-0.1, -0.05) is 11.6 Å². The molecular weight excluding hydrogens is 402 g/mol. The van der Waals surface area contributed by atoms with Gasteiger partial charge in [-0.3, -0.25) is 14.6 Å². The summed E-state index contributed by atoms with van der Waals surface area (Å²) in [5.74, 6) is 0.744. The Morgan fingerprint density at radius 2 is 1.97 bits per heavy atom. The number of ether oxygens (including phenoxy) is 2. The molecule has 1 saturated heterocycles. The van der Waals surface area contributed by atoms with Crippen molar-refractivity contribution in [1.29, 1.82) is 0 Å². The van der Waals surface area contributed by atoms with Gasteiger partial charge in [-0.05, 0) is 37.0 Å². The molecule has 2 fully saturated rings. The second-order valence-corrected chi connectivity index (χ2v) is 8.55. The lowest BCUT2D eigenvalue weighted by molar-refractivity contribution is -0.0218. The van der Waals surface area contributed by atoms with E-state index < -0.39 is 0 Å². The summed E-state index contributed by atoms with van der Waals surface area (Å²) in [6.45, 7) is 6.02. The Balaban J connectivity index is 1.29. The minimum Gasteiger partial charge on any atom is -0.379 e. The van der Waals surface area contributed by atoms with E-state index in [2.05, 4.69) is 26.2 Å². The van der Waals surface area contributed by atoms with Gasteiger partial charge in [-0.25, -0.2) is 4.98 Å². The molecule has 0 aromatic carbocycles. The molecule has 0 amide bonds. The molecule has 158 valence electrons. The number of aromatic nitrogens is 4. The van der Waals surface area contributed by atoms with Gasteiger partial charge in [0.2, 0.25) is 0 Å². The number of pyridine rings is 2. The van der Waals surface area contributed by atoms with E-state index in [4.69, 9.17) is 21.1 Å². The lowest BCUT2D eigenvalue weighted by Gasteiger charge is -2.30. The second kappa shape index (κ2) is 8.98. The van der Waals surface area contributed by atoms with Crippen molar-refractivity contribution in [2.45, 2.75) is 25.5 Å². The van der Waals surface area contributed by atoms with E-state index in [-0.39, 0.29) is 6.10 Å². The lowest BCUT2D eigenvalue weighted by atomic mass is 10.1. The molecule has 1 unspecified atom stereocenters. The number of rotatable bonds is 8. The number of halogens is 1. The highest BCUT2D eigenvalue weighted by Gasteiger charge is 2.25. The molecule has 1 aliphatic heterocycles. The Morgan fingerprint density at radius 3 is 2.80 bits per heavy atom. The largest absolute Gasteiger partial charge is 0.379 e. The minimum atomic E-state index is 0.117. The molecule has 3 aromatic rings. The summed E-state index contributed by atoms with van der Waals surface area (Å²) in [6, 6.07) is 5.64. The first-order valence-electron chi connectivity index (χ1n) is 10.6. The van der Waals surface area contributed by atoms with Gasteiger partial charge in [-0.15, -0.1) is 0 Å². The van der Waals surface area contributed by atoms with E-state index in [0.29, 0.717) is 5.15 Å². The molecule has 0 bridgehead atoms. The van der Waals surface area contributed by atoms with Gasteiger partial charge >= 0.3 is 0 Å². The Labute approximate surface area is 181 Å². The molecule has 0 spiro atoms. The van der Waals surface area contributed by atoms with Crippen molar-refractivity contribution in [2.24, 2.45) is 5.92 Å². The molecule has 7 nitrogen and oxygen atoms in total. The zero-order valence-electron chi connectivity index (χ0n) is 16.9. The third-order valence-electron chi connectivity index (χ3n) is 5.69. The molecule has 1 saturated carbocycles. The lowest BCUT2D eigenvalue weighted by Crippen LogP contribution is -2.43. The van der Waals surface area contributed by atoms with Crippen molar-refractivity contribution in [1.82, 2.24) is 24.6 Å². The maximum atomic E-state index is 6.28. The van der Waals surface area contributed by atoms with E-state index in [9.17, 15) is 0 Å². The summed E-state index contributed by atoms with van der Waals surface area (Å²) in [5.41, 5.74) is 3.60. The highest BCUT2D eigenvalue weighted by Crippen LogP contribution is 2.29. The molecule has 4 heterocycles. The van der Waals surface area contributed by atoms with Crippen LogP contribution >= 0.6 is 11.6 Å². The molecule has 0 N–H and O–H groups in total. The van der Waals surface area contributed by atoms with Gasteiger partial charge in [0.05, 0.1) is 43.1 Å². The first kappa shape index (κ1) is 19.9. The zero-order chi connectivity index (χ0) is 20.3. The Morgan fingerprint density at radius 1 is 1.10 bits per heavy atom. The Kier molecular flexibility index (Phi) is 5.95. The van der Waals surface area contributed by atoms with E-state index in [1.54, 1.807) is 6.07 Å².